The summed E-state index contributed by atoms with van der Waals surface area (Å²) in [6.07, 6.45) is -1.40. The minimum Gasteiger partial charge on any atom is -0.497 e. The average Bonchev–Trinajstić information content (AvgIpc) is 2.59. The van der Waals surface area contributed by atoms with Crippen molar-refractivity contribution in [3.63, 3.8) is 0 Å². The van der Waals surface area contributed by atoms with Crippen LogP contribution in [-0.2, 0) is 20.7 Å². The van der Waals surface area contributed by atoms with Crippen molar-refractivity contribution >= 4 is 29.2 Å². The summed E-state index contributed by atoms with van der Waals surface area (Å²) in [7, 11) is 1.54. The first kappa shape index (κ1) is 18.7. The van der Waals surface area contributed by atoms with Crippen LogP contribution in [0.1, 0.15) is 12.5 Å². The maximum absolute atomic E-state index is 13.7. The molecule has 1 amide bonds. The number of amides is 1. The van der Waals surface area contributed by atoms with Gasteiger partial charge in [-0.2, -0.15) is 0 Å². The molecule has 0 aliphatic heterocycles. The first-order valence-corrected chi connectivity index (χ1v) is 7.85. The number of hydrogen-bond acceptors (Lipinski definition) is 4. The highest BCUT2D eigenvalue weighted by molar-refractivity contribution is 6.31. The van der Waals surface area contributed by atoms with E-state index in [1.807, 2.05) is 0 Å². The summed E-state index contributed by atoms with van der Waals surface area (Å²) in [4.78, 5) is 24.0. The van der Waals surface area contributed by atoms with Crippen LogP contribution >= 0.6 is 11.6 Å². The summed E-state index contributed by atoms with van der Waals surface area (Å²) in [5, 5.41) is 2.74. The van der Waals surface area contributed by atoms with Crippen molar-refractivity contribution in [2.45, 2.75) is 19.4 Å². The van der Waals surface area contributed by atoms with Crippen molar-refractivity contribution in [2.75, 3.05) is 12.4 Å². The van der Waals surface area contributed by atoms with Crippen molar-refractivity contribution in [3.8, 4) is 5.75 Å². The number of hydrogen-bond donors (Lipinski definition) is 1. The predicted molar refractivity (Wildman–Crippen MR) is 92.3 cm³/mol. The first-order chi connectivity index (χ1) is 11.9. The molecule has 0 fully saturated rings. The highest BCUT2D eigenvalue weighted by Crippen LogP contribution is 2.20. The van der Waals surface area contributed by atoms with Gasteiger partial charge < -0.3 is 14.8 Å². The molecule has 0 aliphatic rings. The van der Waals surface area contributed by atoms with Crippen LogP contribution < -0.4 is 10.1 Å². The van der Waals surface area contributed by atoms with Crippen molar-refractivity contribution in [1.29, 1.82) is 0 Å². The summed E-state index contributed by atoms with van der Waals surface area (Å²) in [6, 6.07) is 10.8. The number of carbonyl (C=O) groups is 2. The molecule has 1 unspecified atom stereocenters. The summed E-state index contributed by atoms with van der Waals surface area (Å²) in [6.45, 7) is 1.43. The zero-order chi connectivity index (χ0) is 18.4. The zero-order valence-corrected chi connectivity index (χ0v) is 14.5. The molecule has 0 bridgehead atoms. The normalized spacial score (nSPS) is 11.5. The van der Waals surface area contributed by atoms with Crippen LogP contribution in [0.15, 0.2) is 42.5 Å². The highest BCUT2D eigenvalue weighted by Gasteiger charge is 2.20. The van der Waals surface area contributed by atoms with E-state index in [0.717, 1.165) is 0 Å². The second-order valence-electron chi connectivity index (χ2n) is 5.23. The minimum absolute atomic E-state index is 0.0388. The molecule has 7 heteroatoms. The predicted octanol–water partition coefficient (Wildman–Crippen LogP) is 3.60. The van der Waals surface area contributed by atoms with Gasteiger partial charge in [0.1, 0.15) is 11.6 Å². The van der Waals surface area contributed by atoms with Gasteiger partial charge in [-0.3, -0.25) is 9.59 Å². The zero-order valence-electron chi connectivity index (χ0n) is 13.7. The summed E-state index contributed by atoms with van der Waals surface area (Å²) < 4.78 is 23.7. The SMILES string of the molecule is COc1ccc(NC(=O)C(C)OC(=O)Cc2c(F)cccc2Cl)cc1. The van der Waals surface area contributed by atoms with Gasteiger partial charge in [0.15, 0.2) is 6.10 Å². The van der Waals surface area contributed by atoms with Crippen molar-refractivity contribution < 1.29 is 23.5 Å². The Morgan fingerprint density at radius 1 is 1.20 bits per heavy atom. The molecule has 0 aromatic heterocycles. The van der Waals surface area contributed by atoms with Gasteiger partial charge >= 0.3 is 5.97 Å². The Morgan fingerprint density at radius 3 is 2.48 bits per heavy atom. The van der Waals surface area contributed by atoms with E-state index in [1.54, 1.807) is 24.3 Å². The van der Waals surface area contributed by atoms with Crippen LogP contribution in [0.5, 0.6) is 5.75 Å². The van der Waals surface area contributed by atoms with E-state index in [2.05, 4.69) is 5.32 Å². The van der Waals surface area contributed by atoms with Gasteiger partial charge in [-0.05, 0) is 43.3 Å². The topological polar surface area (TPSA) is 64.6 Å². The second kappa shape index (κ2) is 8.48. The largest absolute Gasteiger partial charge is 0.497 e. The first-order valence-electron chi connectivity index (χ1n) is 7.48. The van der Waals surface area contributed by atoms with Gasteiger partial charge in [0, 0.05) is 16.3 Å². The molecule has 0 heterocycles. The molecule has 0 aliphatic carbocycles. The van der Waals surface area contributed by atoms with E-state index in [-0.39, 0.29) is 17.0 Å². The number of rotatable bonds is 6. The molecule has 0 saturated heterocycles. The summed E-state index contributed by atoms with van der Waals surface area (Å²) in [5.74, 6) is -1.19. The van der Waals surface area contributed by atoms with Gasteiger partial charge in [-0.1, -0.05) is 17.7 Å². The molecule has 1 N–H and O–H groups in total. The van der Waals surface area contributed by atoms with E-state index >= 15 is 0 Å². The smallest absolute Gasteiger partial charge is 0.311 e. The number of anilines is 1. The van der Waals surface area contributed by atoms with Gasteiger partial charge in [-0.15, -0.1) is 0 Å². The Hall–Kier alpha value is -2.60. The second-order valence-corrected chi connectivity index (χ2v) is 5.63. The van der Waals surface area contributed by atoms with Gasteiger partial charge in [-0.25, -0.2) is 4.39 Å². The number of esters is 1. The standard InChI is InChI=1S/C18H17ClFNO4/c1-11(18(23)21-12-6-8-13(24-2)9-7-12)25-17(22)10-14-15(19)4-3-5-16(14)20/h3-9,11H,10H2,1-2H3,(H,21,23). The van der Waals surface area contributed by atoms with Crippen LogP contribution in [0, 0.1) is 5.82 Å². The van der Waals surface area contributed by atoms with E-state index in [0.29, 0.717) is 11.4 Å². The van der Waals surface area contributed by atoms with Crippen LogP contribution in [0.3, 0.4) is 0 Å². The Morgan fingerprint density at radius 2 is 1.88 bits per heavy atom. The molecule has 2 aromatic rings. The average molecular weight is 366 g/mol. The van der Waals surface area contributed by atoms with E-state index in [9.17, 15) is 14.0 Å². The maximum Gasteiger partial charge on any atom is 0.311 e. The lowest BCUT2D eigenvalue weighted by molar-refractivity contribution is -0.152. The molecule has 2 rings (SSSR count). The van der Waals surface area contributed by atoms with E-state index in [1.165, 1.54) is 32.2 Å². The molecule has 132 valence electrons. The quantitative estimate of drug-likeness (QED) is 0.794. The summed E-state index contributed by atoms with van der Waals surface area (Å²) in [5.41, 5.74) is 0.572. The van der Waals surface area contributed by atoms with Crippen molar-refractivity contribution in [3.05, 3.63) is 58.9 Å². The Balaban J connectivity index is 1.92. The lowest BCUT2D eigenvalue weighted by atomic mass is 10.1. The monoisotopic (exact) mass is 365 g/mol. The lowest BCUT2D eigenvalue weighted by Gasteiger charge is -2.14. The van der Waals surface area contributed by atoms with Gasteiger partial charge in [0.05, 0.1) is 13.5 Å². The third-order valence-electron chi connectivity index (χ3n) is 3.42. The fourth-order valence-corrected chi connectivity index (χ4v) is 2.29. The van der Waals surface area contributed by atoms with E-state index < -0.39 is 23.8 Å². The van der Waals surface area contributed by atoms with Gasteiger partial charge in [0.25, 0.3) is 5.91 Å². The maximum atomic E-state index is 13.7. The van der Waals surface area contributed by atoms with E-state index in [4.69, 9.17) is 21.1 Å². The van der Waals surface area contributed by atoms with Gasteiger partial charge in [0.2, 0.25) is 0 Å². The molecule has 2 aromatic carbocycles. The number of halogens is 2. The Labute approximate surface area is 149 Å². The number of nitrogens with one attached hydrogen (secondary N) is 1. The molecule has 0 spiro atoms. The summed E-state index contributed by atoms with van der Waals surface area (Å²) >= 11 is 5.87. The number of ether oxygens (including phenoxy) is 2. The molecule has 1 atom stereocenters. The highest BCUT2D eigenvalue weighted by atomic mass is 35.5. The molecular weight excluding hydrogens is 349 g/mol. The molecule has 25 heavy (non-hydrogen) atoms. The fraction of sp³-hybridized carbons (Fsp3) is 0.222. The van der Waals surface area contributed by atoms with Crippen LogP contribution in [0.4, 0.5) is 10.1 Å². The third-order valence-corrected chi connectivity index (χ3v) is 3.77. The lowest BCUT2D eigenvalue weighted by Crippen LogP contribution is -2.30. The number of benzene rings is 2. The number of carbonyl (C=O) groups excluding carboxylic acids is 2. The third kappa shape index (κ3) is 5.19. The fourth-order valence-electron chi connectivity index (χ4n) is 2.06. The molecule has 0 radical (unpaired) electrons. The molecule has 0 saturated carbocycles. The van der Waals surface area contributed by atoms with Crippen molar-refractivity contribution in [1.82, 2.24) is 0 Å². The van der Waals surface area contributed by atoms with Crippen LogP contribution in [0.2, 0.25) is 5.02 Å². The van der Waals surface area contributed by atoms with Crippen molar-refractivity contribution in [2.24, 2.45) is 0 Å². The molecule has 5 nitrogen and oxygen atoms in total. The minimum atomic E-state index is -1.04. The Bertz CT molecular complexity index is 744. The Kier molecular flexibility index (Phi) is 6.36. The van der Waals surface area contributed by atoms with Crippen LogP contribution in [-0.4, -0.2) is 25.1 Å². The molecular formula is C18H17ClFNO4. The van der Waals surface area contributed by atoms with Crippen LogP contribution in [0.25, 0.3) is 0 Å². The number of methoxy groups -OCH3 is 1.